The average molecular weight is 488 g/mol. The molecule has 2 aromatic heterocycles. The van der Waals surface area contributed by atoms with Crippen LogP contribution in [0.2, 0.25) is 0 Å². The lowest BCUT2D eigenvalue weighted by Crippen LogP contribution is -2.39. The minimum absolute atomic E-state index is 0.0755. The van der Waals surface area contributed by atoms with Crippen LogP contribution in [-0.2, 0) is 4.74 Å². The highest BCUT2D eigenvalue weighted by atomic mass is 16.6. The van der Waals surface area contributed by atoms with E-state index in [1.54, 1.807) is 31.7 Å². The molecule has 0 bridgehead atoms. The zero-order valence-corrected chi connectivity index (χ0v) is 20.6. The topological polar surface area (TPSA) is 102 Å². The van der Waals surface area contributed by atoms with Crippen LogP contribution < -0.4 is 21.1 Å². The van der Waals surface area contributed by atoms with E-state index in [2.05, 4.69) is 59.7 Å². The summed E-state index contributed by atoms with van der Waals surface area (Å²) in [5, 5.41) is 6.23. The molecule has 3 aliphatic heterocycles. The van der Waals surface area contributed by atoms with Crippen molar-refractivity contribution in [2.45, 2.75) is 44.1 Å². The number of aromatic amines is 1. The predicted octanol–water partition coefficient (Wildman–Crippen LogP) is 3.45. The Labute approximate surface area is 210 Å². The molecule has 1 aromatic carbocycles. The molecule has 3 atom stereocenters. The van der Waals surface area contributed by atoms with Gasteiger partial charge in [0.1, 0.15) is 17.6 Å². The van der Waals surface area contributed by atoms with Gasteiger partial charge in [-0.3, -0.25) is 9.78 Å². The quantitative estimate of drug-likeness (QED) is 0.416. The van der Waals surface area contributed by atoms with E-state index in [0.29, 0.717) is 23.2 Å². The molecule has 36 heavy (non-hydrogen) atoms. The van der Waals surface area contributed by atoms with E-state index < -0.39 is 0 Å². The van der Waals surface area contributed by atoms with E-state index in [1.807, 2.05) is 0 Å². The number of nitrogens with one attached hydrogen (secondary N) is 3. The van der Waals surface area contributed by atoms with Crippen LogP contribution >= 0.6 is 0 Å². The second kappa shape index (κ2) is 9.91. The smallest absolute Gasteiger partial charge is 0.271 e. The molecule has 3 saturated heterocycles. The van der Waals surface area contributed by atoms with Gasteiger partial charge in [0.2, 0.25) is 0 Å². The van der Waals surface area contributed by atoms with Gasteiger partial charge in [-0.2, -0.15) is 0 Å². The lowest BCUT2D eigenvalue weighted by molar-refractivity contribution is 0.314. The lowest BCUT2D eigenvalue weighted by Gasteiger charge is -2.30. The molecule has 0 spiro atoms. The lowest BCUT2D eigenvalue weighted by atomic mass is 10.1. The molecule has 9 nitrogen and oxygen atoms in total. The monoisotopic (exact) mass is 487 g/mol. The van der Waals surface area contributed by atoms with E-state index in [-0.39, 0.29) is 17.9 Å². The Kier molecular flexibility index (Phi) is 6.33. The van der Waals surface area contributed by atoms with Crippen LogP contribution in [0.1, 0.15) is 37.4 Å². The van der Waals surface area contributed by atoms with Crippen molar-refractivity contribution < 1.29 is 4.74 Å². The Balaban J connectivity index is 1.10. The molecule has 5 heterocycles. The van der Waals surface area contributed by atoms with E-state index in [4.69, 9.17) is 4.74 Å². The van der Waals surface area contributed by atoms with E-state index >= 15 is 0 Å². The van der Waals surface area contributed by atoms with Crippen LogP contribution in [0.3, 0.4) is 0 Å². The van der Waals surface area contributed by atoms with Gasteiger partial charge in [-0.05, 0) is 62.5 Å². The first-order chi connectivity index (χ1) is 17.7. The van der Waals surface area contributed by atoms with Crippen LogP contribution in [0.4, 0.5) is 17.2 Å². The van der Waals surface area contributed by atoms with Gasteiger partial charge in [-0.25, -0.2) is 4.98 Å². The van der Waals surface area contributed by atoms with Crippen molar-refractivity contribution in [3.8, 4) is 11.3 Å². The van der Waals surface area contributed by atoms with Gasteiger partial charge in [0, 0.05) is 43.6 Å². The van der Waals surface area contributed by atoms with Crippen molar-refractivity contribution in [2.24, 2.45) is 0 Å². The molecule has 0 radical (unpaired) electrons. The highest BCUT2D eigenvalue weighted by Gasteiger charge is 2.41. The van der Waals surface area contributed by atoms with Crippen molar-refractivity contribution in [1.82, 2.24) is 19.9 Å². The molecular weight excluding hydrogens is 454 g/mol. The highest BCUT2D eigenvalue weighted by molar-refractivity contribution is 5.64. The summed E-state index contributed by atoms with van der Waals surface area (Å²) < 4.78 is 5.90. The number of epoxide rings is 1. The Morgan fingerprint density at radius 3 is 2.75 bits per heavy atom. The maximum atomic E-state index is 12.4. The Hall–Kier alpha value is -3.43. The first-order valence-corrected chi connectivity index (χ1v) is 12.9. The number of likely N-dealkylation sites (tertiary alicyclic amines) is 1. The largest absolute Gasteiger partial charge is 0.372 e. The number of rotatable bonds is 8. The standard InChI is InChI=1S/C27H33N7O2/c1-28-24-16-29-15-23(31-24)19-13-22(26(35)30-14-19)32-27-25(36-27)18-6-8-20(9-7-18)34-12-4-5-21(34)17-33-10-2-3-11-33/h6-9,13-16,21,25,27,32H,2-5,10-12,17H2,1H3,(H,28,31)(H,30,35)/t21-,25?,27?/m0/s1. The number of nitrogens with zero attached hydrogens (tertiary/aromatic N) is 4. The summed E-state index contributed by atoms with van der Waals surface area (Å²) in [6, 6.07) is 11.2. The molecule has 0 saturated carbocycles. The third-order valence-electron chi connectivity index (χ3n) is 7.48. The number of ether oxygens (including phenoxy) is 1. The van der Waals surface area contributed by atoms with Gasteiger partial charge < -0.3 is 30.2 Å². The molecule has 3 aliphatic rings. The van der Waals surface area contributed by atoms with E-state index in [1.165, 1.54) is 51.0 Å². The van der Waals surface area contributed by atoms with Crippen molar-refractivity contribution in [3.63, 3.8) is 0 Å². The first-order valence-electron chi connectivity index (χ1n) is 12.9. The Bertz CT molecular complexity index is 1260. The summed E-state index contributed by atoms with van der Waals surface area (Å²) >= 11 is 0. The van der Waals surface area contributed by atoms with Crippen molar-refractivity contribution in [3.05, 3.63) is 64.8 Å². The van der Waals surface area contributed by atoms with Gasteiger partial charge in [0.15, 0.2) is 6.23 Å². The zero-order valence-electron chi connectivity index (χ0n) is 20.6. The van der Waals surface area contributed by atoms with Crippen molar-refractivity contribution >= 4 is 17.2 Å². The molecule has 6 rings (SSSR count). The van der Waals surface area contributed by atoms with Crippen molar-refractivity contribution in [2.75, 3.05) is 48.8 Å². The Morgan fingerprint density at radius 1 is 1.11 bits per heavy atom. The van der Waals surface area contributed by atoms with Crippen molar-refractivity contribution in [1.29, 1.82) is 0 Å². The number of benzene rings is 1. The highest BCUT2D eigenvalue weighted by Crippen LogP contribution is 2.40. The molecule has 3 N–H and O–H groups in total. The number of hydrogen-bond donors (Lipinski definition) is 3. The predicted molar refractivity (Wildman–Crippen MR) is 141 cm³/mol. The van der Waals surface area contributed by atoms with Gasteiger partial charge in [-0.15, -0.1) is 0 Å². The first kappa shape index (κ1) is 23.0. The normalized spacial score (nSPS) is 23.7. The second-order valence-electron chi connectivity index (χ2n) is 9.88. The number of pyridine rings is 1. The maximum Gasteiger partial charge on any atom is 0.271 e. The SMILES string of the molecule is CNc1cncc(-c2c[nH]c(=O)c(NC3OC3c3ccc(N4CCC[C@H]4CN4CCCC4)cc3)c2)n1. The molecule has 0 aliphatic carbocycles. The van der Waals surface area contributed by atoms with Gasteiger partial charge >= 0.3 is 0 Å². The fraction of sp³-hybridized carbons (Fsp3) is 0.444. The summed E-state index contributed by atoms with van der Waals surface area (Å²) in [6.07, 6.45) is 9.87. The minimum Gasteiger partial charge on any atom is -0.372 e. The molecule has 3 aromatic rings. The number of hydrogen-bond acceptors (Lipinski definition) is 8. The third kappa shape index (κ3) is 4.81. The van der Waals surface area contributed by atoms with Crippen LogP contribution in [0.5, 0.6) is 0 Å². The summed E-state index contributed by atoms with van der Waals surface area (Å²) in [6.45, 7) is 4.80. The summed E-state index contributed by atoms with van der Waals surface area (Å²) in [5.74, 6) is 0.665. The number of anilines is 3. The van der Waals surface area contributed by atoms with Crippen LogP contribution in [0.15, 0.2) is 53.7 Å². The molecular formula is C27H33N7O2. The average Bonchev–Trinajstić information content (AvgIpc) is 3.26. The fourth-order valence-corrected chi connectivity index (χ4v) is 5.48. The van der Waals surface area contributed by atoms with Crippen LogP contribution in [0, 0.1) is 0 Å². The summed E-state index contributed by atoms with van der Waals surface area (Å²) in [4.78, 5) is 29.1. The van der Waals surface area contributed by atoms with Gasteiger partial charge in [0.05, 0.1) is 18.1 Å². The molecule has 2 unspecified atom stereocenters. The number of aromatic nitrogens is 3. The van der Waals surface area contributed by atoms with Crippen LogP contribution in [0.25, 0.3) is 11.3 Å². The molecule has 9 heteroatoms. The van der Waals surface area contributed by atoms with Crippen LogP contribution in [-0.4, -0.2) is 65.3 Å². The maximum absolute atomic E-state index is 12.4. The molecule has 3 fully saturated rings. The van der Waals surface area contributed by atoms with E-state index in [0.717, 1.165) is 17.7 Å². The van der Waals surface area contributed by atoms with Gasteiger partial charge in [0.25, 0.3) is 5.56 Å². The minimum atomic E-state index is -0.239. The Morgan fingerprint density at radius 2 is 1.94 bits per heavy atom. The fourth-order valence-electron chi connectivity index (χ4n) is 5.48. The summed E-state index contributed by atoms with van der Waals surface area (Å²) in [5.41, 5.74) is 4.12. The molecule has 188 valence electrons. The van der Waals surface area contributed by atoms with Gasteiger partial charge in [-0.1, -0.05) is 12.1 Å². The number of H-pyrrole nitrogens is 1. The summed E-state index contributed by atoms with van der Waals surface area (Å²) in [7, 11) is 1.79. The second-order valence-corrected chi connectivity index (χ2v) is 9.88. The zero-order chi connectivity index (χ0) is 24.5. The third-order valence-corrected chi connectivity index (χ3v) is 7.48. The molecule has 0 amide bonds. The van der Waals surface area contributed by atoms with E-state index in [9.17, 15) is 4.79 Å².